The Bertz CT molecular complexity index is 759. The van der Waals surface area contributed by atoms with Gasteiger partial charge in [-0.25, -0.2) is 12.7 Å². The Balaban J connectivity index is 2.15. The van der Waals surface area contributed by atoms with Crippen LogP contribution in [0.5, 0.6) is 5.75 Å². The molecule has 0 spiro atoms. The van der Waals surface area contributed by atoms with E-state index < -0.39 is 10.0 Å². The zero-order chi connectivity index (χ0) is 16.3. The van der Waals surface area contributed by atoms with Crippen molar-refractivity contribution in [1.29, 1.82) is 0 Å². The SMILES string of the molecule is COc1ccccc1CCN(C)S(=O)(=O)c1cc(Cl)sc1Cl. The van der Waals surface area contributed by atoms with Gasteiger partial charge in [-0.05, 0) is 24.1 Å². The van der Waals surface area contributed by atoms with E-state index >= 15 is 0 Å². The molecule has 2 rings (SSSR count). The number of para-hydroxylation sites is 1. The quantitative estimate of drug-likeness (QED) is 0.763. The lowest BCUT2D eigenvalue weighted by Gasteiger charge is -2.17. The van der Waals surface area contributed by atoms with E-state index in [0.29, 0.717) is 17.3 Å². The predicted octanol–water partition coefficient (Wildman–Crippen LogP) is 3.93. The van der Waals surface area contributed by atoms with Gasteiger partial charge in [-0.2, -0.15) is 0 Å². The van der Waals surface area contributed by atoms with Gasteiger partial charge < -0.3 is 4.74 Å². The van der Waals surface area contributed by atoms with Gasteiger partial charge >= 0.3 is 0 Å². The summed E-state index contributed by atoms with van der Waals surface area (Å²) in [5.74, 6) is 0.741. The smallest absolute Gasteiger partial charge is 0.245 e. The monoisotopic (exact) mass is 379 g/mol. The average molecular weight is 380 g/mol. The van der Waals surface area contributed by atoms with Gasteiger partial charge in [-0.3, -0.25) is 0 Å². The largest absolute Gasteiger partial charge is 0.496 e. The molecule has 0 atom stereocenters. The lowest BCUT2D eigenvalue weighted by atomic mass is 10.1. The first-order valence-electron chi connectivity index (χ1n) is 6.39. The number of rotatable bonds is 6. The van der Waals surface area contributed by atoms with E-state index in [1.165, 1.54) is 17.4 Å². The van der Waals surface area contributed by atoms with Crippen LogP contribution in [0, 0.1) is 0 Å². The molecule has 0 saturated heterocycles. The molecule has 0 amide bonds. The van der Waals surface area contributed by atoms with Gasteiger partial charge in [-0.15, -0.1) is 11.3 Å². The molecule has 0 saturated carbocycles. The zero-order valence-corrected chi connectivity index (χ0v) is 15.2. The minimum atomic E-state index is -3.65. The number of thiophene rings is 1. The first-order valence-corrected chi connectivity index (χ1v) is 9.40. The van der Waals surface area contributed by atoms with Gasteiger partial charge in [0.2, 0.25) is 10.0 Å². The van der Waals surface area contributed by atoms with Gasteiger partial charge in [0.25, 0.3) is 0 Å². The summed E-state index contributed by atoms with van der Waals surface area (Å²) >= 11 is 12.8. The highest BCUT2D eigenvalue weighted by molar-refractivity contribution is 7.89. The summed E-state index contributed by atoms with van der Waals surface area (Å²) in [4.78, 5) is 0.0479. The van der Waals surface area contributed by atoms with E-state index in [1.807, 2.05) is 24.3 Å². The number of hydrogen-bond acceptors (Lipinski definition) is 4. The second-order valence-corrected chi connectivity index (χ2v) is 8.88. The summed E-state index contributed by atoms with van der Waals surface area (Å²) < 4.78 is 32.1. The van der Waals surface area contributed by atoms with Crippen LogP contribution in [0.25, 0.3) is 0 Å². The second kappa shape index (κ2) is 7.19. The molecular formula is C14H15Cl2NO3S2. The number of hydrogen-bond donors (Lipinski definition) is 0. The molecule has 1 aromatic heterocycles. The molecule has 1 aromatic carbocycles. The maximum atomic E-state index is 12.5. The molecule has 4 nitrogen and oxygen atoms in total. The fraction of sp³-hybridized carbons (Fsp3) is 0.286. The molecule has 0 radical (unpaired) electrons. The topological polar surface area (TPSA) is 46.6 Å². The summed E-state index contributed by atoms with van der Waals surface area (Å²) in [6.07, 6.45) is 0.537. The Hall–Kier alpha value is -0.790. The predicted molar refractivity (Wildman–Crippen MR) is 90.9 cm³/mol. The van der Waals surface area contributed by atoms with Crippen molar-refractivity contribution in [3.63, 3.8) is 0 Å². The lowest BCUT2D eigenvalue weighted by Crippen LogP contribution is -2.29. The van der Waals surface area contributed by atoms with Crippen LogP contribution in [-0.4, -0.2) is 33.4 Å². The van der Waals surface area contributed by atoms with Crippen molar-refractivity contribution in [2.45, 2.75) is 11.3 Å². The average Bonchev–Trinajstić information content (AvgIpc) is 2.84. The maximum absolute atomic E-state index is 12.5. The van der Waals surface area contributed by atoms with Crippen LogP contribution >= 0.6 is 34.5 Å². The van der Waals surface area contributed by atoms with Gasteiger partial charge in [0.15, 0.2) is 0 Å². The van der Waals surface area contributed by atoms with E-state index in [-0.39, 0.29) is 9.23 Å². The molecule has 0 bridgehead atoms. The first-order chi connectivity index (χ1) is 10.4. The third kappa shape index (κ3) is 3.75. The third-order valence-electron chi connectivity index (χ3n) is 3.20. The molecule has 8 heteroatoms. The molecule has 0 aliphatic heterocycles. The van der Waals surface area contributed by atoms with Crippen molar-refractivity contribution in [2.24, 2.45) is 0 Å². The van der Waals surface area contributed by atoms with Crippen molar-refractivity contribution in [3.8, 4) is 5.75 Å². The van der Waals surface area contributed by atoms with Gasteiger partial charge in [0.1, 0.15) is 15.0 Å². The summed E-state index contributed by atoms with van der Waals surface area (Å²) in [6, 6.07) is 8.90. The van der Waals surface area contributed by atoms with Crippen LogP contribution in [0.4, 0.5) is 0 Å². The summed E-state index contributed by atoms with van der Waals surface area (Å²) in [5, 5.41) is 0. The Morgan fingerprint density at radius 1 is 1.27 bits per heavy atom. The van der Waals surface area contributed by atoms with E-state index in [1.54, 1.807) is 7.11 Å². The Kier molecular flexibility index (Phi) is 5.74. The number of ether oxygens (including phenoxy) is 1. The molecule has 0 N–H and O–H groups in total. The van der Waals surface area contributed by atoms with Crippen molar-refractivity contribution >= 4 is 44.6 Å². The highest BCUT2D eigenvalue weighted by Crippen LogP contribution is 2.35. The Labute approximate surface area is 144 Å². The number of sulfonamides is 1. The van der Waals surface area contributed by atoms with Gasteiger partial charge in [-0.1, -0.05) is 41.4 Å². The Morgan fingerprint density at radius 3 is 2.55 bits per heavy atom. The van der Waals surface area contributed by atoms with Crippen LogP contribution in [0.3, 0.4) is 0 Å². The number of halogens is 2. The van der Waals surface area contributed by atoms with E-state index in [9.17, 15) is 8.42 Å². The van der Waals surface area contributed by atoms with Crippen LogP contribution in [0.15, 0.2) is 35.2 Å². The lowest BCUT2D eigenvalue weighted by molar-refractivity contribution is 0.406. The van der Waals surface area contributed by atoms with E-state index in [0.717, 1.165) is 22.6 Å². The molecule has 0 aliphatic rings. The third-order valence-corrected chi connectivity index (χ3v) is 6.81. The summed E-state index contributed by atoms with van der Waals surface area (Å²) in [5.41, 5.74) is 0.946. The second-order valence-electron chi connectivity index (χ2n) is 4.58. The first kappa shape index (κ1) is 17.6. The normalized spacial score (nSPS) is 11.9. The van der Waals surface area contributed by atoms with Crippen LogP contribution in [0.2, 0.25) is 8.67 Å². The minimum Gasteiger partial charge on any atom is -0.496 e. The zero-order valence-electron chi connectivity index (χ0n) is 12.0. The van der Waals surface area contributed by atoms with Gasteiger partial charge in [0.05, 0.1) is 11.4 Å². The Morgan fingerprint density at radius 2 is 1.95 bits per heavy atom. The fourth-order valence-corrected chi connectivity index (χ4v) is 5.26. The minimum absolute atomic E-state index is 0.0479. The number of nitrogens with zero attached hydrogens (tertiary/aromatic N) is 1. The van der Waals surface area contributed by atoms with Crippen molar-refractivity contribution in [2.75, 3.05) is 20.7 Å². The molecule has 1 heterocycles. The van der Waals surface area contributed by atoms with Crippen molar-refractivity contribution in [1.82, 2.24) is 4.31 Å². The highest BCUT2D eigenvalue weighted by atomic mass is 35.5. The fourth-order valence-electron chi connectivity index (χ4n) is 1.98. The van der Waals surface area contributed by atoms with Crippen molar-refractivity contribution < 1.29 is 13.2 Å². The highest BCUT2D eigenvalue weighted by Gasteiger charge is 2.25. The number of benzene rings is 1. The van der Waals surface area contributed by atoms with E-state index in [4.69, 9.17) is 27.9 Å². The van der Waals surface area contributed by atoms with Crippen LogP contribution in [0.1, 0.15) is 5.56 Å². The maximum Gasteiger partial charge on any atom is 0.245 e. The molecule has 0 aliphatic carbocycles. The van der Waals surface area contributed by atoms with E-state index in [2.05, 4.69) is 0 Å². The molecule has 0 fully saturated rings. The number of likely N-dealkylation sites (N-methyl/N-ethyl adjacent to an activating group) is 1. The van der Waals surface area contributed by atoms with Gasteiger partial charge in [0, 0.05) is 13.6 Å². The van der Waals surface area contributed by atoms with Crippen molar-refractivity contribution in [3.05, 3.63) is 44.6 Å². The molecule has 0 unspecified atom stereocenters. The summed E-state index contributed by atoms with van der Waals surface area (Å²) in [6.45, 7) is 0.312. The summed E-state index contributed by atoms with van der Waals surface area (Å²) in [7, 11) is -0.542. The standard InChI is InChI=1S/C14H15Cl2NO3S2/c1-17(8-7-10-5-3-4-6-11(10)20-2)22(18,19)12-9-13(15)21-14(12)16/h3-6,9H,7-8H2,1-2H3. The molecule has 22 heavy (non-hydrogen) atoms. The molecule has 120 valence electrons. The van der Waals surface area contributed by atoms with Crippen LogP contribution < -0.4 is 4.74 Å². The molecular weight excluding hydrogens is 365 g/mol. The number of methoxy groups -OCH3 is 1. The van der Waals surface area contributed by atoms with Crippen LogP contribution in [-0.2, 0) is 16.4 Å². The molecule has 2 aromatic rings.